The van der Waals surface area contributed by atoms with E-state index < -0.39 is 11.5 Å². The number of rotatable bonds is 9. The van der Waals surface area contributed by atoms with Gasteiger partial charge >= 0.3 is 5.97 Å². The highest BCUT2D eigenvalue weighted by atomic mass is 16.6. The minimum Gasteiger partial charge on any atom is -0.462 e. The van der Waals surface area contributed by atoms with Crippen molar-refractivity contribution >= 4 is 5.97 Å². The van der Waals surface area contributed by atoms with Crippen LogP contribution in [0.1, 0.15) is 40.5 Å². The van der Waals surface area contributed by atoms with Gasteiger partial charge in [-0.15, -0.1) is 0 Å². The van der Waals surface area contributed by atoms with Crippen molar-refractivity contribution in [1.29, 1.82) is 0 Å². The Kier molecular flexibility index (Phi) is 6.43. The second-order valence-corrected chi connectivity index (χ2v) is 6.35. The van der Waals surface area contributed by atoms with E-state index in [0.29, 0.717) is 13.0 Å². The van der Waals surface area contributed by atoms with Gasteiger partial charge in [-0.2, -0.15) is 0 Å². The number of esters is 1. The highest BCUT2D eigenvalue weighted by molar-refractivity contribution is 5.75. The zero-order valence-electron chi connectivity index (χ0n) is 13.1. The number of ether oxygens (including phenoxy) is 3. The lowest BCUT2D eigenvalue weighted by atomic mass is 9.84. The predicted molar refractivity (Wildman–Crippen MR) is 75.4 cm³/mol. The molecule has 0 aromatic heterocycles. The first kappa shape index (κ1) is 17.4. The summed E-state index contributed by atoms with van der Waals surface area (Å²) in [6.07, 6.45) is 0.932. The van der Waals surface area contributed by atoms with Gasteiger partial charge in [0.05, 0.1) is 31.8 Å². The standard InChI is InChI=1S/C15H28O5/c1-5-14(3,4)13(17)20-8-12(16)7-18-9-15(6-2)10-19-11-15/h12,16H,5-11H2,1-4H3. The number of hydrogen-bond donors (Lipinski definition) is 1. The zero-order chi connectivity index (χ0) is 15.2. The van der Waals surface area contributed by atoms with Crippen molar-refractivity contribution in [3.63, 3.8) is 0 Å². The Morgan fingerprint density at radius 3 is 2.45 bits per heavy atom. The van der Waals surface area contributed by atoms with Crippen LogP contribution in [-0.4, -0.2) is 50.2 Å². The summed E-state index contributed by atoms with van der Waals surface area (Å²) in [5.74, 6) is -0.281. The summed E-state index contributed by atoms with van der Waals surface area (Å²) in [6.45, 7) is 9.90. The fourth-order valence-electron chi connectivity index (χ4n) is 1.75. The first-order valence-corrected chi connectivity index (χ1v) is 7.36. The van der Waals surface area contributed by atoms with Crippen LogP contribution in [0.15, 0.2) is 0 Å². The van der Waals surface area contributed by atoms with Crippen LogP contribution in [0.25, 0.3) is 0 Å². The summed E-state index contributed by atoms with van der Waals surface area (Å²) >= 11 is 0. The number of aliphatic hydroxyl groups is 1. The van der Waals surface area contributed by atoms with Crippen LogP contribution in [0, 0.1) is 10.8 Å². The van der Waals surface area contributed by atoms with E-state index in [1.165, 1.54) is 0 Å². The van der Waals surface area contributed by atoms with Gasteiger partial charge in [0.15, 0.2) is 0 Å². The molecule has 0 amide bonds. The third kappa shape index (κ3) is 4.72. The SMILES string of the molecule is CCC1(COCC(O)COC(=O)C(C)(C)CC)COC1. The van der Waals surface area contributed by atoms with Crippen LogP contribution in [0.2, 0.25) is 0 Å². The van der Waals surface area contributed by atoms with Crippen LogP contribution in [0.3, 0.4) is 0 Å². The molecule has 0 radical (unpaired) electrons. The van der Waals surface area contributed by atoms with E-state index in [1.807, 2.05) is 20.8 Å². The zero-order valence-corrected chi connectivity index (χ0v) is 13.1. The quantitative estimate of drug-likeness (QED) is 0.655. The van der Waals surface area contributed by atoms with Gasteiger partial charge in [-0.25, -0.2) is 0 Å². The molecule has 1 aliphatic heterocycles. The minimum absolute atomic E-state index is 0.0160. The Bertz CT molecular complexity index is 304. The number of aliphatic hydroxyl groups excluding tert-OH is 1. The highest BCUT2D eigenvalue weighted by Gasteiger charge is 2.37. The Morgan fingerprint density at radius 1 is 1.35 bits per heavy atom. The van der Waals surface area contributed by atoms with Gasteiger partial charge in [0.2, 0.25) is 0 Å². The molecule has 5 nitrogen and oxygen atoms in total. The first-order valence-electron chi connectivity index (χ1n) is 7.36. The van der Waals surface area contributed by atoms with Crippen LogP contribution >= 0.6 is 0 Å². The molecule has 1 fully saturated rings. The van der Waals surface area contributed by atoms with Crippen molar-refractivity contribution < 1.29 is 24.1 Å². The molecular weight excluding hydrogens is 260 g/mol. The molecule has 0 aromatic carbocycles. The van der Waals surface area contributed by atoms with Crippen LogP contribution in [0.5, 0.6) is 0 Å². The average molecular weight is 288 g/mol. The fourth-order valence-corrected chi connectivity index (χ4v) is 1.75. The normalized spacial score (nSPS) is 19.2. The molecule has 20 heavy (non-hydrogen) atoms. The van der Waals surface area contributed by atoms with E-state index in [-0.39, 0.29) is 24.6 Å². The molecule has 0 aliphatic carbocycles. The molecule has 1 saturated heterocycles. The summed E-state index contributed by atoms with van der Waals surface area (Å²) in [7, 11) is 0. The molecule has 0 spiro atoms. The maximum absolute atomic E-state index is 11.7. The lowest BCUT2D eigenvalue weighted by molar-refractivity contribution is -0.165. The largest absolute Gasteiger partial charge is 0.462 e. The maximum atomic E-state index is 11.7. The summed E-state index contributed by atoms with van der Waals surface area (Å²) in [5.41, 5.74) is -0.392. The average Bonchev–Trinajstić information content (AvgIpc) is 2.39. The molecule has 1 aliphatic rings. The van der Waals surface area contributed by atoms with E-state index in [2.05, 4.69) is 6.92 Å². The highest BCUT2D eigenvalue weighted by Crippen LogP contribution is 2.31. The third-order valence-corrected chi connectivity index (χ3v) is 4.13. The van der Waals surface area contributed by atoms with Crippen molar-refractivity contribution in [2.45, 2.75) is 46.6 Å². The Labute approximate surface area is 121 Å². The molecule has 1 atom stereocenters. The van der Waals surface area contributed by atoms with Crippen molar-refractivity contribution in [2.75, 3.05) is 33.0 Å². The topological polar surface area (TPSA) is 65.0 Å². The molecule has 5 heteroatoms. The predicted octanol–water partition coefficient (Wildman–Crippen LogP) is 1.77. The molecule has 1 heterocycles. The van der Waals surface area contributed by atoms with Crippen LogP contribution in [0.4, 0.5) is 0 Å². The van der Waals surface area contributed by atoms with Crippen molar-refractivity contribution in [1.82, 2.24) is 0 Å². The van der Waals surface area contributed by atoms with E-state index in [1.54, 1.807) is 0 Å². The van der Waals surface area contributed by atoms with Crippen LogP contribution in [-0.2, 0) is 19.0 Å². The van der Waals surface area contributed by atoms with E-state index in [4.69, 9.17) is 14.2 Å². The van der Waals surface area contributed by atoms with Gasteiger partial charge in [0.25, 0.3) is 0 Å². The number of carbonyl (C=O) groups is 1. The van der Waals surface area contributed by atoms with E-state index in [9.17, 15) is 9.90 Å². The van der Waals surface area contributed by atoms with Gasteiger partial charge in [-0.3, -0.25) is 4.79 Å². The van der Waals surface area contributed by atoms with E-state index in [0.717, 1.165) is 19.6 Å². The van der Waals surface area contributed by atoms with Crippen molar-refractivity contribution in [3.05, 3.63) is 0 Å². The van der Waals surface area contributed by atoms with Gasteiger partial charge in [0, 0.05) is 5.41 Å². The van der Waals surface area contributed by atoms with Gasteiger partial charge in [-0.1, -0.05) is 13.8 Å². The Hall–Kier alpha value is -0.650. The number of carbonyl (C=O) groups excluding carboxylic acids is 1. The summed E-state index contributed by atoms with van der Waals surface area (Å²) in [5, 5.41) is 9.76. The lowest BCUT2D eigenvalue weighted by Gasteiger charge is -2.40. The van der Waals surface area contributed by atoms with Crippen molar-refractivity contribution in [2.24, 2.45) is 10.8 Å². The molecule has 0 aromatic rings. The molecule has 1 unspecified atom stereocenters. The minimum atomic E-state index is -0.776. The molecule has 118 valence electrons. The summed E-state index contributed by atoms with van der Waals surface area (Å²) in [4.78, 5) is 11.7. The van der Waals surface area contributed by atoms with Gasteiger partial charge < -0.3 is 19.3 Å². The third-order valence-electron chi connectivity index (χ3n) is 4.13. The molecular formula is C15H28O5. The first-order chi connectivity index (χ1) is 9.35. The monoisotopic (exact) mass is 288 g/mol. The van der Waals surface area contributed by atoms with Crippen LogP contribution < -0.4 is 0 Å². The number of hydrogen-bond acceptors (Lipinski definition) is 5. The maximum Gasteiger partial charge on any atom is 0.311 e. The van der Waals surface area contributed by atoms with Gasteiger partial charge in [0.1, 0.15) is 12.7 Å². The van der Waals surface area contributed by atoms with Crippen molar-refractivity contribution in [3.8, 4) is 0 Å². The summed E-state index contributed by atoms with van der Waals surface area (Å²) < 4.78 is 15.8. The smallest absolute Gasteiger partial charge is 0.311 e. The van der Waals surface area contributed by atoms with Gasteiger partial charge in [-0.05, 0) is 26.7 Å². The Balaban J connectivity index is 2.17. The molecule has 1 N–H and O–H groups in total. The molecule has 0 saturated carbocycles. The Morgan fingerprint density at radius 2 is 2.00 bits per heavy atom. The molecule has 0 bridgehead atoms. The lowest BCUT2D eigenvalue weighted by Crippen LogP contribution is -2.46. The fraction of sp³-hybridized carbons (Fsp3) is 0.933. The summed E-state index contributed by atoms with van der Waals surface area (Å²) in [6, 6.07) is 0. The molecule has 1 rings (SSSR count). The van der Waals surface area contributed by atoms with E-state index >= 15 is 0 Å². The second kappa shape index (κ2) is 7.38. The second-order valence-electron chi connectivity index (χ2n) is 6.35.